The topological polar surface area (TPSA) is 64.6 Å². The molecule has 0 aliphatic carbocycles. The van der Waals surface area contributed by atoms with Crippen LogP contribution < -0.4 is 10.1 Å². The van der Waals surface area contributed by atoms with E-state index in [4.69, 9.17) is 9.47 Å². The minimum absolute atomic E-state index is 0.120. The zero-order valence-electron chi connectivity index (χ0n) is 12.6. The molecule has 0 saturated carbocycles. The molecule has 0 fully saturated rings. The number of amides is 1. The highest BCUT2D eigenvalue weighted by molar-refractivity contribution is 14.1. The number of alkyl carbamates (subject to hydrolysis) is 1. The molecule has 0 heterocycles. The van der Waals surface area contributed by atoms with E-state index in [1.165, 1.54) is 0 Å². The molecule has 0 aliphatic rings. The summed E-state index contributed by atoms with van der Waals surface area (Å²) in [5, 5.41) is 2.61. The highest BCUT2D eigenvalue weighted by atomic mass is 127. The van der Waals surface area contributed by atoms with E-state index < -0.39 is 12.1 Å². The molecule has 0 aromatic heterocycles. The number of halogens is 1. The van der Waals surface area contributed by atoms with E-state index in [1.54, 1.807) is 35.8 Å². The Morgan fingerprint density at radius 2 is 2.00 bits per heavy atom. The van der Waals surface area contributed by atoms with E-state index in [-0.39, 0.29) is 15.8 Å². The van der Waals surface area contributed by atoms with Crippen molar-refractivity contribution in [3.05, 3.63) is 29.8 Å². The van der Waals surface area contributed by atoms with E-state index in [2.05, 4.69) is 5.32 Å². The number of ether oxygens (including phenoxy) is 2. The minimum atomic E-state index is -0.609. The summed E-state index contributed by atoms with van der Waals surface area (Å²) in [5.74, 6) is 0.700. The average molecular weight is 405 g/mol. The van der Waals surface area contributed by atoms with Crippen LogP contribution in [0.15, 0.2) is 24.3 Å². The molecule has 1 aromatic carbocycles. The lowest BCUT2D eigenvalue weighted by molar-refractivity contribution is -0.113. The molecule has 21 heavy (non-hydrogen) atoms. The molecule has 5 nitrogen and oxygen atoms in total. The quantitative estimate of drug-likeness (QED) is 0.603. The van der Waals surface area contributed by atoms with Gasteiger partial charge in [-0.05, 0) is 23.1 Å². The first-order chi connectivity index (χ1) is 9.74. The molecule has 0 spiro atoms. The number of hydrogen-bond donors (Lipinski definition) is 1. The van der Waals surface area contributed by atoms with Gasteiger partial charge in [0, 0.05) is 22.6 Å². The van der Waals surface area contributed by atoms with Gasteiger partial charge >= 0.3 is 6.09 Å². The number of hydrogen-bond acceptors (Lipinski definition) is 4. The predicted octanol–water partition coefficient (Wildman–Crippen LogP) is 3.30. The highest BCUT2D eigenvalue weighted by Gasteiger charge is 2.31. The molecular formula is C15H20INO4. The van der Waals surface area contributed by atoms with Crippen LogP contribution in [0.4, 0.5) is 4.79 Å². The van der Waals surface area contributed by atoms with Gasteiger partial charge in [-0.2, -0.15) is 0 Å². The van der Waals surface area contributed by atoms with Crippen LogP contribution in [-0.4, -0.2) is 23.0 Å². The Morgan fingerprint density at radius 3 is 2.52 bits per heavy atom. The Kier molecular flexibility index (Phi) is 6.44. The van der Waals surface area contributed by atoms with Crippen LogP contribution in [0, 0.1) is 5.41 Å². The Morgan fingerprint density at radius 1 is 1.33 bits per heavy atom. The van der Waals surface area contributed by atoms with Crippen molar-refractivity contribution in [1.82, 2.24) is 5.32 Å². The maximum Gasteiger partial charge on any atom is 0.408 e. The molecule has 1 unspecified atom stereocenters. The number of methoxy groups -OCH3 is 1. The molecule has 1 atom stereocenters. The van der Waals surface area contributed by atoms with Crippen molar-refractivity contribution in [2.45, 2.75) is 33.4 Å². The SMILES string of the molecule is COc1cccc(COC(=O)NC(C(=O)I)C(C)(C)C)c1. The molecule has 1 rings (SSSR count). The van der Waals surface area contributed by atoms with Crippen molar-refractivity contribution >= 4 is 32.5 Å². The van der Waals surface area contributed by atoms with Crippen molar-refractivity contribution in [1.29, 1.82) is 0 Å². The third kappa shape index (κ3) is 5.91. The highest BCUT2D eigenvalue weighted by Crippen LogP contribution is 2.22. The molecule has 1 aromatic rings. The summed E-state index contributed by atoms with van der Waals surface area (Å²) in [6.45, 7) is 5.78. The lowest BCUT2D eigenvalue weighted by atomic mass is 9.88. The van der Waals surface area contributed by atoms with Gasteiger partial charge in [0.15, 0.2) is 0 Å². The van der Waals surface area contributed by atoms with Crippen LogP contribution in [0.5, 0.6) is 5.75 Å². The van der Waals surface area contributed by atoms with Gasteiger partial charge in [-0.25, -0.2) is 4.79 Å². The summed E-state index contributed by atoms with van der Waals surface area (Å²) in [4.78, 5) is 23.4. The zero-order valence-corrected chi connectivity index (χ0v) is 14.8. The van der Waals surface area contributed by atoms with Gasteiger partial charge in [0.1, 0.15) is 18.4 Å². The lowest BCUT2D eigenvalue weighted by Gasteiger charge is -2.28. The van der Waals surface area contributed by atoms with E-state index in [0.29, 0.717) is 5.75 Å². The van der Waals surface area contributed by atoms with E-state index in [1.807, 2.05) is 39.0 Å². The number of nitrogens with one attached hydrogen (secondary N) is 1. The third-order valence-corrected chi connectivity index (χ3v) is 3.48. The van der Waals surface area contributed by atoms with E-state index in [0.717, 1.165) is 5.56 Å². The predicted molar refractivity (Wildman–Crippen MR) is 88.6 cm³/mol. The summed E-state index contributed by atoms with van der Waals surface area (Å²) in [7, 11) is 1.58. The summed E-state index contributed by atoms with van der Waals surface area (Å²) < 4.78 is 10.1. The fourth-order valence-electron chi connectivity index (χ4n) is 1.68. The minimum Gasteiger partial charge on any atom is -0.497 e. The van der Waals surface area contributed by atoms with Crippen LogP contribution in [0.1, 0.15) is 26.3 Å². The van der Waals surface area contributed by atoms with Crippen LogP contribution in [0.3, 0.4) is 0 Å². The lowest BCUT2D eigenvalue weighted by Crippen LogP contribution is -2.47. The molecule has 116 valence electrons. The van der Waals surface area contributed by atoms with Gasteiger partial charge in [-0.3, -0.25) is 4.79 Å². The van der Waals surface area contributed by atoms with Crippen molar-refractivity contribution in [2.75, 3.05) is 7.11 Å². The Hall–Kier alpha value is -1.31. The maximum atomic E-state index is 11.8. The number of carbonyl (C=O) groups excluding carboxylic acids is 2. The monoisotopic (exact) mass is 405 g/mol. The van der Waals surface area contributed by atoms with Gasteiger partial charge in [0.05, 0.1) is 7.11 Å². The van der Waals surface area contributed by atoms with Crippen LogP contribution >= 0.6 is 22.6 Å². The maximum absolute atomic E-state index is 11.8. The molecule has 0 bridgehead atoms. The average Bonchev–Trinajstić information content (AvgIpc) is 2.41. The smallest absolute Gasteiger partial charge is 0.408 e. The number of rotatable bonds is 5. The number of benzene rings is 1. The zero-order chi connectivity index (χ0) is 16.0. The number of carbonyl (C=O) groups is 2. The first-order valence-corrected chi connectivity index (χ1v) is 7.57. The molecule has 1 N–H and O–H groups in total. The van der Waals surface area contributed by atoms with Crippen LogP contribution in [0.2, 0.25) is 0 Å². The van der Waals surface area contributed by atoms with Gasteiger partial charge < -0.3 is 14.8 Å². The Labute approximate surface area is 138 Å². The molecule has 0 radical (unpaired) electrons. The largest absolute Gasteiger partial charge is 0.497 e. The van der Waals surface area contributed by atoms with Gasteiger partial charge in [0.25, 0.3) is 0 Å². The second kappa shape index (κ2) is 7.63. The van der Waals surface area contributed by atoms with Crippen molar-refractivity contribution in [3.8, 4) is 5.75 Å². The molecule has 1 amide bonds. The summed E-state index contributed by atoms with van der Waals surface area (Å²) >= 11 is 1.69. The van der Waals surface area contributed by atoms with Gasteiger partial charge in [0.2, 0.25) is 3.79 Å². The fourth-order valence-corrected chi connectivity index (χ4v) is 2.77. The first-order valence-electron chi connectivity index (χ1n) is 6.49. The van der Waals surface area contributed by atoms with E-state index in [9.17, 15) is 9.59 Å². The Bertz CT molecular complexity index is 511. The van der Waals surface area contributed by atoms with E-state index >= 15 is 0 Å². The Balaban J connectivity index is 2.59. The summed E-state index contributed by atoms with van der Waals surface area (Å²) in [5.41, 5.74) is 0.449. The molecular weight excluding hydrogens is 385 g/mol. The van der Waals surface area contributed by atoms with Crippen molar-refractivity contribution in [2.24, 2.45) is 5.41 Å². The molecule has 0 saturated heterocycles. The van der Waals surface area contributed by atoms with Crippen LogP contribution in [-0.2, 0) is 16.1 Å². The van der Waals surface area contributed by atoms with Crippen molar-refractivity contribution in [3.63, 3.8) is 0 Å². The molecule has 0 aliphatic heterocycles. The fraction of sp³-hybridized carbons (Fsp3) is 0.467. The second-order valence-corrected chi connectivity index (χ2v) is 6.74. The standard InChI is InChI=1S/C15H20INO4/c1-15(2,3)12(13(16)18)17-14(19)21-9-10-6-5-7-11(8-10)20-4/h5-8,12H,9H2,1-4H3,(H,17,19). The van der Waals surface area contributed by atoms with Gasteiger partial charge in [-0.15, -0.1) is 0 Å². The van der Waals surface area contributed by atoms with Crippen LogP contribution in [0.25, 0.3) is 0 Å². The second-order valence-electron chi connectivity index (χ2n) is 5.68. The normalized spacial score (nSPS) is 12.4. The molecule has 6 heteroatoms. The first kappa shape index (κ1) is 17.7. The summed E-state index contributed by atoms with van der Waals surface area (Å²) in [6.07, 6.45) is -0.609. The third-order valence-electron chi connectivity index (χ3n) is 2.86. The van der Waals surface area contributed by atoms with Gasteiger partial charge in [-0.1, -0.05) is 32.9 Å². The summed E-state index contributed by atoms with van der Waals surface area (Å²) in [6, 6.07) is 6.67. The van der Waals surface area contributed by atoms with Crippen molar-refractivity contribution < 1.29 is 19.1 Å².